The van der Waals surface area contributed by atoms with Crippen molar-refractivity contribution in [3.63, 3.8) is 0 Å². The fourth-order valence-corrected chi connectivity index (χ4v) is 4.86. The van der Waals surface area contributed by atoms with E-state index in [4.69, 9.17) is 0 Å². The molecule has 2 atom stereocenters. The highest BCUT2D eigenvalue weighted by molar-refractivity contribution is 5.78. The zero-order chi connectivity index (χ0) is 25.6. The van der Waals surface area contributed by atoms with Gasteiger partial charge >= 0.3 is 0 Å². The van der Waals surface area contributed by atoms with Crippen LogP contribution in [0.15, 0.2) is 24.3 Å². The monoisotopic (exact) mass is 487 g/mol. The van der Waals surface area contributed by atoms with E-state index in [1.807, 2.05) is 26.0 Å². The fraction of sp³-hybridized carbons (Fsp3) is 0.781. The molecule has 0 aromatic heterocycles. The van der Waals surface area contributed by atoms with E-state index in [0.717, 1.165) is 18.4 Å². The van der Waals surface area contributed by atoms with Gasteiger partial charge in [-0.05, 0) is 31.0 Å². The third-order valence-electron chi connectivity index (χ3n) is 7.44. The quantitative estimate of drug-likeness (QED) is 0.151. The Morgan fingerprint density at radius 3 is 1.43 bits per heavy atom. The standard InChI is InChI=1S/C32H57NO2/c1-4-5-6-7-8-9-10-11-12-13-14-15-16-17-18-19-20-21-22-23-28(2)32(35)33-29(3)30-24-26-31(34)27-25-30/h24-29,34H,4-23H2,1-3H3,(H,33,35). The molecule has 0 heterocycles. The van der Waals surface area contributed by atoms with Crippen molar-refractivity contribution in [3.05, 3.63) is 29.8 Å². The number of phenolic OH excluding ortho intramolecular Hbond substituents is 1. The maximum atomic E-state index is 12.5. The third kappa shape index (κ3) is 17.5. The molecule has 1 aromatic carbocycles. The lowest BCUT2D eigenvalue weighted by Gasteiger charge is -2.18. The molecule has 35 heavy (non-hydrogen) atoms. The molecule has 0 fully saturated rings. The van der Waals surface area contributed by atoms with Crippen LogP contribution in [0.2, 0.25) is 0 Å². The lowest BCUT2D eigenvalue weighted by molar-refractivity contribution is -0.125. The van der Waals surface area contributed by atoms with E-state index in [0.29, 0.717) is 0 Å². The van der Waals surface area contributed by atoms with Gasteiger partial charge in [0.15, 0.2) is 0 Å². The van der Waals surface area contributed by atoms with Crippen LogP contribution in [0.1, 0.15) is 161 Å². The summed E-state index contributed by atoms with van der Waals surface area (Å²) in [6, 6.07) is 7.03. The van der Waals surface area contributed by atoms with E-state index in [9.17, 15) is 9.90 Å². The van der Waals surface area contributed by atoms with E-state index in [1.165, 1.54) is 116 Å². The van der Waals surface area contributed by atoms with Crippen LogP contribution in [0.4, 0.5) is 0 Å². The summed E-state index contributed by atoms with van der Waals surface area (Å²) in [5, 5.41) is 12.5. The summed E-state index contributed by atoms with van der Waals surface area (Å²) in [4.78, 5) is 12.5. The zero-order valence-electron chi connectivity index (χ0n) is 23.5. The summed E-state index contributed by atoms with van der Waals surface area (Å²) in [7, 11) is 0. The van der Waals surface area contributed by atoms with E-state index in [1.54, 1.807) is 12.1 Å². The molecule has 0 bridgehead atoms. The van der Waals surface area contributed by atoms with Crippen molar-refractivity contribution in [2.45, 2.75) is 155 Å². The van der Waals surface area contributed by atoms with Crippen molar-refractivity contribution in [1.82, 2.24) is 5.32 Å². The van der Waals surface area contributed by atoms with Gasteiger partial charge < -0.3 is 10.4 Å². The molecule has 2 N–H and O–H groups in total. The first-order valence-electron chi connectivity index (χ1n) is 15.1. The summed E-state index contributed by atoms with van der Waals surface area (Å²) in [5.41, 5.74) is 1.02. The highest BCUT2D eigenvalue weighted by Crippen LogP contribution is 2.19. The first-order chi connectivity index (χ1) is 17.0. The zero-order valence-corrected chi connectivity index (χ0v) is 23.5. The van der Waals surface area contributed by atoms with Crippen LogP contribution < -0.4 is 5.32 Å². The second kappa shape index (κ2) is 21.7. The van der Waals surface area contributed by atoms with Crippen molar-refractivity contribution < 1.29 is 9.90 Å². The number of hydrogen-bond acceptors (Lipinski definition) is 2. The van der Waals surface area contributed by atoms with Gasteiger partial charge in [0.1, 0.15) is 5.75 Å². The number of amides is 1. The molecule has 202 valence electrons. The van der Waals surface area contributed by atoms with Gasteiger partial charge in [-0.1, -0.05) is 148 Å². The van der Waals surface area contributed by atoms with Gasteiger partial charge in [-0.15, -0.1) is 0 Å². The molecule has 1 rings (SSSR count). The minimum Gasteiger partial charge on any atom is -0.508 e. The fourth-order valence-electron chi connectivity index (χ4n) is 4.86. The summed E-state index contributed by atoms with van der Waals surface area (Å²) in [6.45, 7) is 6.32. The average Bonchev–Trinajstić information content (AvgIpc) is 2.85. The summed E-state index contributed by atoms with van der Waals surface area (Å²) in [6.07, 6.45) is 27.4. The predicted molar refractivity (Wildman–Crippen MR) is 152 cm³/mol. The number of hydrogen-bond donors (Lipinski definition) is 2. The maximum Gasteiger partial charge on any atom is 0.223 e. The van der Waals surface area contributed by atoms with Gasteiger partial charge in [0.25, 0.3) is 0 Å². The van der Waals surface area contributed by atoms with E-state index in [-0.39, 0.29) is 23.6 Å². The Balaban J connectivity index is 1.85. The van der Waals surface area contributed by atoms with E-state index in [2.05, 4.69) is 12.2 Å². The largest absolute Gasteiger partial charge is 0.508 e. The van der Waals surface area contributed by atoms with E-state index >= 15 is 0 Å². The normalized spacial score (nSPS) is 13.0. The lowest BCUT2D eigenvalue weighted by Crippen LogP contribution is -2.31. The minimum atomic E-state index is -0.0318. The van der Waals surface area contributed by atoms with Crippen LogP contribution in [0.25, 0.3) is 0 Å². The lowest BCUT2D eigenvalue weighted by atomic mass is 9.99. The molecule has 3 nitrogen and oxygen atoms in total. The Bertz CT molecular complexity index is 612. The number of rotatable bonds is 23. The summed E-state index contributed by atoms with van der Waals surface area (Å²) < 4.78 is 0. The Morgan fingerprint density at radius 1 is 0.657 bits per heavy atom. The van der Waals surface area contributed by atoms with Gasteiger partial charge in [-0.3, -0.25) is 4.79 Å². The molecule has 0 aliphatic carbocycles. The molecule has 0 spiro atoms. The van der Waals surface area contributed by atoms with E-state index < -0.39 is 0 Å². The molecule has 1 aromatic rings. The van der Waals surface area contributed by atoms with Gasteiger partial charge in [-0.25, -0.2) is 0 Å². The topological polar surface area (TPSA) is 49.3 Å². The highest BCUT2D eigenvalue weighted by atomic mass is 16.3. The molecule has 0 aliphatic heterocycles. The second-order valence-corrected chi connectivity index (χ2v) is 10.9. The third-order valence-corrected chi connectivity index (χ3v) is 7.44. The molecule has 0 saturated heterocycles. The van der Waals surface area contributed by atoms with Crippen LogP contribution in [-0.4, -0.2) is 11.0 Å². The molecule has 3 heteroatoms. The van der Waals surface area contributed by atoms with Gasteiger partial charge in [0, 0.05) is 5.92 Å². The predicted octanol–water partition coefficient (Wildman–Crippen LogP) is 10.0. The van der Waals surface area contributed by atoms with Crippen LogP contribution in [-0.2, 0) is 4.79 Å². The van der Waals surface area contributed by atoms with Crippen molar-refractivity contribution in [1.29, 1.82) is 0 Å². The Hall–Kier alpha value is -1.51. The first kappa shape index (κ1) is 31.5. The minimum absolute atomic E-state index is 0.0318. The van der Waals surface area contributed by atoms with Crippen LogP contribution in [0.3, 0.4) is 0 Å². The smallest absolute Gasteiger partial charge is 0.223 e. The Morgan fingerprint density at radius 2 is 1.03 bits per heavy atom. The molecule has 0 aliphatic rings. The van der Waals surface area contributed by atoms with Crippen molar-refractivity contribution in [2.75, 3.05) is 0 Å². The number of unbranched alkanes of at least 4 members (excludes halogenated alkanes) is 18. The van der Waals surface area contributed by atoms with Crippen LogP contribution >= 0.6 is 0 Å². The molecular formula is C32H57NO2. The maximum absolute atomic E-state index is 12.5. The number of nitrogens with one attached hydrogen (secondary N) is 1. The molecule has 1 amide bonds. The summed E-state index contributed by atoms with van der Waals surface area (Å²) >= 11 is 0. The first-order valence-corrected chi connectivity index (χ1v) is 15.1. The van der Waals surface area contributed by atoms with Crippen LogP contribution in [0, 0.1) is 5.92 Å². The van der Waals surface area contributed by atoms with Gasteiger partial charge in [0.2, 0.25) is 5.91 Å². The number of aromatic hydroxyl groups is 1. The van der Waals surface area contributed by atoms with Crippen LogP contribution in [0.5, 0.6) is 5.75 Å². The van der Waals surface area contributed by atoms with Crippen molar-refractivity contribution in [2.24, 2.45) is 5.92 Å². The average molecular weight is 488 g/mol. The number of phenols is 1. The number of carbonyl (C=O) groups is 1. The van der Waals surface area contributed by atoms with Gasteiger partial charge in [0.05, 0.1) is 6.04 Å². The highest BCUT2D eigenvalue weighted by Gasteiger charge is 2.15. The molecular weight excluding hydrogens is 430 g/mol. The SMILES string of the molecule is CCCCCCCCCCCCCCCCCCCCCC(C)C(=O)NC(C)c1ccc(O)cc1. The van der Waals surface area contributed by atoms with Crippen molar-refractivity contribution >= 4 is 5.91 Å². The number of benzene rings is 1. The second-order valence-electron chi connectivity index (χ2n) is 10.9. The number of carbonyl (C=O) groups excluding carboxylic acids is 1. The van der Waals surface area contributed by atoms with Gasteiger partial charge in [-0.2, -0.15) is 0 Å². The summed E-state index contributed by atoms with van der Waals surface area (Å²) in [5.74, 6) is 0.443. The molecule has 0 saturated carbocycles. The molecule has 0 radical (unpaired) electrons. The Labute approximate surface area is 217 Å². The Kier molecular flexibility index (Phi) is 19.6. The van der Waals surface area contributed by atoms with Crippen molar-refractivity contribution in [3.8, 4) is 5.75 Å². The molecule has 2 unspecified atom stereocenters.